The van der Waals surface area contributed by atoms with Crippen LogP contribution in [0.25, 0.3) is 0 Å². The van der Waals surface area contributed by atoms with Crippen LogP contribution in [0.4, 0.5) is 0 Å². The first-order chi connectivity index (χ1) is 28.0. The summed E-state index contributed by atoms with van der Waals surface area (Å²) in [5.41, 5.74) is 1.80. The van der Waals surface area contributed by atoms with E-state index in [0.29, 0.717) is 42.4 Å². The molecule has 0 saturated heterocycles. The zero-order valence-electron chi connectivity index (χ0n) is 38.7. The zero-order chi connectivity index (χ0) is 42.8. The van der Waals surface area contributed by atoms with Crippen LogP contribution >= 0.6 is 0 Å². The number of carbonyl (C=O) groups is 2. The maximum absolute atomic E-state index is 13.2. The number of rotatable bonds is 17. The summed E-state index contributed by atoms with van der Waals surface area (Å²) in [5, 5.41) is 32.6. The highest BCUT2D eigenvalue weighted by atomic mass is 16.5. The lowest BCUT2D eigenvalue weighted by molar-refractivity contribution is -0.165. The van der Waals surface area contributed by atoms with Gasteiger partial charge in [0.05, 0.1) is 30.7 Å². The summed E-state index contributed by atoms with van der Waals surface area (Å²) in [7, 11) is 0. The van der Waals surface area contributed by atoms with Crippen molar-refractivity contribution >= 4 is 11.9 Å². The van der Waals surface area contributed by atoms with Gasteiger partial charge in [-0.2, -0.15) is 0 Å². The average Bonchev–Trinajstić information content (AvgIpc) is 3.54. The first-order valence-corrected chi connectivity index (χ1v) is 24.8. The van der Waals surface area contributed by atoms with Crippen LogP contribution in [0.15, 0.2) is 23.8 Å². The van der Waals surface area contributed by atoms with Crippen molar-refractivity contribution in [2.75, 3.05) is 0 Å². The second-order valence-corrected chi connectivity index (χ2v) is 22.2. The van der Waals surface area contributed by atoms with E-state index in [4.69, 9.17) is 9.47 Å². The number of ether oxygens (including phenoxy) is 2. The van der Waals surface area contributed by atoms with Crippen molar-refractivity contribution in [2.45, 2.75) is 208 Å². The molecule has 0 aromatic heterocycles. The van der Waals surface area contributed by atoms with Crippen molar-refractivity contribution in [1.82, 2.24) is 0 Å². The van der Waals surface area contributed by atoms with Crippen molar-refractivity contribution < 1.29 is 34.4 Å². The normalized spacial score (nSPS) is 40.4. The number of hydrogen-bond acceptors (Lipinski definition) is 7. The van der Waals surface area contributed by atoms with Gasteiger partial charge < -0.3 is 24.8 Å². The summed E-state index contributed by atoms with van der Waals surface area (Å²) >= 11 is 0. The van der Waals surface area contributed by atoms with E-state index in [-0.39, 0.29) is 54.6 Å². The molecule has 0 heterocycles. The molecule has 4 saturated carbocycles. The fraction of sp³-hybridized carbons (Fsp3) is 0.885. The summed E-state index contributed by atoms with van der Waals surface area (Å²) in [5.74, 6) is 5.89. The van der Waals surface area contributed by atoms with Gasteiger partial charge in [0.2, 0.25) is 0 Å². The molecule has 7 heteroatoms. The van der Waals surface area contributed by atoms with Crippen LogP contribution in [0.2, 0.25) is 0 Å². The predicted octanol–water partition coefficient (Wildman–Crippen LogP) is 11.0. The monoisotopic (exact) mass is 823 g/mol. The smallest absolute Gasteiger partial charge is 0.308 e. The Kier molecular flexibility index (Phi) is 15.7. The van der Waals surface area contributed by atoms with Crippen LogP contribution in [0, 0.1) is 81.8 Å². The lowest BCUT2D eigenvalue weighted by Gasteiger charge is -2.61. The molecular formula is C52H86O7. The maximum atomic E-state index is 13.2. The minimum Gasteiger partial charge on any atom is -0.462 e. The Morgan fingerprint density at radius 2 is 1.58 bits per heavy atom. The molecule has 18 atom stereocenters. The van der Waals surface area contributed by atoms with Crippen molar-refractivity contribution in [3.8, 4) is 0 Å². The van der Waals surface area contributed by atoms with E-state index >= 15 is 0 Å². The van der Waals surface area contributed by atoms with E-state index in [9.17, 15) is 24.9 Å². The number of aliphatic hydroxyl groups excluding tert-OH is 3. The van der Waals surface area contributed by atoms with E-state index in [1.54, 1.807) is 0 Å². The molecule has 6 rings (SSSR count). The fourth-order valence-corrected chi connectivity index (χ4v) is 14.7. The van der Waals surface area contributed by atoms with Crippen LogP contribution in [0.5, 0.6) is 0 Å². The van der Waals surface area contributed by atoms with E-state index in [2.05, 4.69) is 60.6 Å². The second-order valence-electron chi connectivity index (χ2n) is 22.2. The lowest BCUT2D eigenvalue weighted by atomic mass is 9.44. The van der Waals surface area contributed by atoms with Gasteiger partial charge in [-0.05, 0) is 165 Å². The van der Waals surface area contributed by atoms with Crippen molar-refractivity contribution in [2.24, 2.45) is 81.8 Å². The molecule has 6 aliphatic rings. The van der Waals surface area contributed by atoms with Crippen molar-refractivity contribution in [1.29, 1.82) is 0 Å². The molecule has 0 aromatic carbocycles. The molecule has 0 spiro atoms. The number of fused-ring (bicyclic) bond motifs is 6. The van der Waals surface area contributed by atoms with Crippen LogP contribution in [-0.2, 0) is 19.1 Å². The Bertz CT molecular complexity index is 1470. The summed E-state index contributed by atoms with van der Waals surface area (Å²) < 4.78 is 12.1. The number of allylic oxidation sites excluding steroid dienone is 2. The van der Waals surface area contributed by atoms with Crippen LogP contribution in [0.1, 0.15) is 178 Å². The van der Waals surface area contributed by atoms with Gasteiger partial charge in [-0.15, -0.1) is 0 Å². The SMILES string of the molecule is CC[C@H](CC[C@@H](C)C1CC[C@H]2[C@@H]3CC[C@H]4CC(OC(=O)C[C@H](O)C[C@H](O)CC[C@@H]5[C@@H]6C(=C[C@@H](O)C[C@@H]6OC(=O)[C@@H](C)CC)C=C[C@@H]5C)CC[C@]4(C)[C@H]3CC[C@]12C)C(C)C. The molecule has 336 valence electrons. The Balaban J connectivity index is 0.959. The first kappa shape index (κ1) is 46.8. The van der Waals surface area contributed by atoms with Gasteiger partial charge in [-0.3, -0.25) is 9.59 Å². The quantitative estimate of drug-likeness (QED) is 0.125. The third-order valence-electron chi connectivity index (χ3n) is 18.6. The first-order valence-electron chi connectivity index (χ1n) is 24.8. The van der Waals surface area contributed by atoms with Gasteiger partial charge in [0, 0.05) is 12.3 Å². The third kappa shape index (κ3) is 10.2. The predicted molar refractivity (Wildman–Crippen MR) is 236 cm³/mol. The minimum absolute atomic E-state index is 0.0498. The van der Waals surface area contributed by atoms with E-state index in [0.717, 1.165) is 66.3 Å². The summed E-state index contributed by atoms with van der Waals surface area (Å²) in [6.07, 6.45) is 20.6. The number of aliphatic hydroxyl groups is 3. The molecule has 0 bridgehead atoms. The van der Waals surface area contributed by atoms with Gasteiger partial charge in [-0.1, -0.05) is 93.4 Å². The van der Waals surface area contributed by atoms with E-state index in [1.165, 1.54) is 57.8 Å². The summed E-state index contributed by atoms with van der Waals surface area (Å²) in [4.78, 5) is 26.0. The van der Waals surface area contributed by atoms with Gasteiger partial charge >= 0.3 is 11.9 Å². The Labute approximate surface area is 359 Å². The van der Waals surface area contributed by atoms with Gasteiger partial charge in [0.15, 0.2) is 0 Å². The standard InChI is InChI=1S/C52H86O7/c1-10-32(5)50(57)59-47-29-39(54)26-36-15-12-33(6)42(49(36)47)19-17-38(53)28-40(55)30-48(56)58-41-22-24-51(8)37(27-41)16-18-43-45-21-20-44(52(45,9)25-23-46(43)51)34(7)13-14-35(11-2)31(3)4/h12,15,26,31-35,37-47,49,53-55H,10-11,13-14,16-25,27-30H2,1-9H3/t32-,33-,34+,35+,37-,38+,39+,40+,41?,42-,43-,44?,45-,46-,47-,49-,51-,52+/m0/s1. The number of hydrogen-bond donors (Lipinski definition) is 3. The Hall–Kier alpha value is -1.70. The van der Waals surface area contributed by atoms with Gasteiger partial charge in [0.25, 0.3) is 0 Å². The second kappa shape index (κ2) is 19.8. The molecule has 0 aromatic rings. The summed E-state index contributed by atoms with van der Waals surface area (Å²) in [6.45, 7) is 21.0. The third-order valence-corrected chi connectivity index (χ3v) is 18.6. The van der Waals surface area contributed by atoms with Crippen LogP contribution in [0.3, 0.4) is 0 Å². The average molecular weight is 823 g/mol. The van der Waals surface area contributed by atoms with Crippen LogP contribution in [-0.4, -0.2) is 57.8 Å². The van der Waals surface area contributed by atoms with Gasteiger partial charge in [0.1, 0.15) is 12.2 Å². The molecule has 0 radical (unpaired) electrons. The van der Waals surface area contributed by atoms with E-state index in [1.807, 2.05) is 19.9 Å². The van der Waals surface area contributed by atoms with Crippen molar-refractivity contribution in [3.63, 3.8) is 0 Å². The van der Waals surface area contributed by atoms with Crippen molar-refractivity contribution in [3.05, 3.63) is 23.8 Å². The topological polar surface area (TPSA) is 113 Å². The molecule has 7 nitrogen and oxygen atoms in total. The highest BCUT2D eigenvalue weighted by Crippen LogP contribution is 2.68. The molecule has 0 aliphatic heterocycles. The minimum atomic E-state index is -0.965. The molecule has 0 amide bonds. The zero-order valence-corrected chi connectivity index (χ0v) is 38.7. The highest BCUT2D eigenvalue weighted by Gasteiger charge is 2.61. The summed E-state index contributed by atoms with van der Waals surface area (Å²) in [6, 6.07) is 0. The lowest BCUT2D eigenvalue weighted by Crippen LogP contribution is -2.54. The van der Waals surface area contributed by atoms with Gasteiger partial charge in [-0.25, -0.2) is 0 Å². The molecule has 59 heavy (non-hydrogen) atoms. The molecule has 2 unspecified atom stereocenters. The maximum Gasteiger partial charge on any atom is 0.308 e. The Morgan fingerprint density at radius 3 is 2.29 bits per heavy atom. The largest absolute Gasteiger partial charge is 0.462 e. The molecule has 4 fully saturated rings. The Morgan fingerprint density at radius 1 is 0.847 bits per heavy atom. The number of carbonyl (C=O) groups excluding carboxylic acids is 2. The van der Waals surface area contributed by atoms with Crippen LogP contribution < -0.4 is 0 Å². The molecular weight excluding hydrogens is 737 g/mol. The number of esters is 2. The fourth-order valence-electron chi connectivity index (χ4n) is 14.7. The molecule has 6 aliphatic carbocycles. The van der Waals surface area contributed by atoms with E-state index < -0.39 is 24.4 Å². The highest BCUT2D eigenvalue weighted by molar-refractivity contribution is 5.72. The molecule has 3 N–H and O–H groups in total.